The molecule has 0 aromatic rings. The summed E-state index contributed by atoms with van der Waals surface area (Å²) < 4.78 is 5.34. The van der Waals surface area contributed by atoms with Crippen LogP contribution in [0.3, 0.4) is 0 Å². The van der Waals surface area contributed by atoms with E-state index in [1.165, 1.54) is 0 Å². The Morgan fingerprint density at radius 3 is 2.79 bits per heavy atom. The van der Waals surface area contributed by atoms with Gasteiger partial charge in [-0.3, -0.25) is 0 Å². The van der Waals surface area contributed by atoms with Gasteiger partial charge in [-0.05, 0) is 25.8 Å². The Bertz CT molecular complexity index is 174. The molecule has 0 aromatic carbocycles. The number of rotatable bonds is 3. The number of nitrogens with one attached hydrogen (secondary N) is 2. The monoisotopic (exact) mass is 199 g/mol. The van der Waals surface area contributed by atoms with Crippen LogP contribution in [0.15, 0.2) is 0 Å². The lowest BCUT2D eigenvalue weighted by molar-refractivity contribution is 0.0694. The van der Waals surface area contributed by atoms with E-state index in [0.717, 1.165) is 52.1 Å². The molecule has 2 aliphatic rings. The summed E-state index contributed by atoms with van der Waals surface area (Å²) in [6.45, 7) is 4.63. The van der Waals surface area contributed by atoms with Crippen molar-refractivity contribution < 1.29 is 4.74 Å². The first-order valence-corrected chi connectivity index (χ1v) is 5.61. The molecule has 0 aromatic heterocycles. The van der Waals surface area contributed by atoms with Crippen molar-refractivity contribution in [3.8, 4) is 0 Å². The predicted octanol–water partition coefficient (Wildman–Crippen LogP) is -0.554. The Balaban J connectivity index is 1.86. The molecule has 82 valence electrons. The zero-order valence-electron chi connectivity index (χ0n) is 8.72. The predicted molar refractivity (Wildman–Crippen MR) is 56.2 cm³/mol. The highest BCUT2D eigenvalue weighted by atomic mass is 16.5. The van der Waals surface area contributed by atoms with Crippen molar-refractivity contribution in [2.45, 2.75) is 30.8 Å². The maximum absolute atomic E-state index is 5.85. The molecule has 1 atom stereocenters. The van der Waals surface area contributed by atoms with Gasteiger partial charge in [0.05, 0.1) is 0 Å². The van der Waals surface area contributed by atoms with E-state index in [1.54, 1.807) is 0 Å². The molecule has 0 amide bonds. The molecule has 2 rings (SSSR count). The molecule has 1 unspecified atom stereocenters. The molecule has 4 nitrogen and oxygen atoms in total. The van der Waals surface area contributed by atoms with Crippen LogP contribution >= 0.6 is 0 Å². The first-order valence-electron chi connectivity index (χ1n) is 5.61. The Morgan fingerprint density at radius 2 is 2.21 bits per heavy atom. The van der Waals surface area contributed by atoms with Crippen molar-refractivity contribution in [2.24, 2.45) is 5.73 Å². The van der Waals surface area contributed by atoms with Crippen molar-refractivity contribution in [2.75, 3.05) is 32.8 Å². The van der Waals surface area contributed by atoms with Gasteiger partial charge in [0.1, 0.15) is 0 Å². The van der Waals surface area contributed by atoms with Crippen LogP contribution in [0.25, 0.3) is 0 Å². The molecule has 2 saturated heterocycles. The third-order valence-corrected chi connectivity index (χ3v) is 3.37. The zero-order chi connectivity index (χ0) is 9.86. The van der Waals surface area contributed by atoms with Gasteiger partial charge in [0.15, 0.2) is 0 Å². The van der Waals surface area contributed by atoms with Crippen LogP contribution in [0, 0.1) is 0 Å². The summed E-state index contributed by atoms with van der Waals surface area (Å²) in [6, 6.07) is 0.604. The lowest BCUT2D eigenvalue weighted by Crippen LogP contribution is -2.57. The number of nitrogens with two attached hydrogens (primary N) is 1. The Kier molecular flexibility index (Phi) is 3.38. The number of hydrogen-bond acceptors (Lipinski definition) is 4. The minimum atomic E-state index is 0.155. The van der Waals surface area contributed by atoms with E-state index in [-0.39, 0.29) is 5.54 Å². The van der Waals surface area contributed by atoms with Gasteiger partial charge in [0.2, 0.25) is 0 Å². The fourth-order valence-electron chi connectivity index (χ4n) is 2.38. The highest BCUT2D eigenvalue weighted by Gasteiger charge is 2.34. The van der Waals surface area contributed by atoms with Crippen LogP contribution in [0.5, 0.6) is 0 Å². The maximum atomic E-state index is 5.85. The van der Waals surface area contributed by atoms with Crippen LogP contribution in [0.4, 0.5) is 0 Å². The van der Waals surface area contributed by atoms with Crippen LogP contribution in [-0.4, -0.2) is 44.4 Å². The molecule has 0 spiro atoms. The van der Waals surface area contributed by atoms with E-state index in [9.17, 15) is 0 Å². The molecule has 0 aliphatic carbocycles. The molecule has 14 heavy (non-hydrogen) atoms. The number of hydrogen-bond donors (Lipinski definition) is 3. The largest absolute Gasteiger partial charge is 0.381 e. The summed E-state index contributed by atoms with van der Waals surface area (Å²) in [7, 11) is 0. The smallest absolute Gasteiger partial charge is 0.0480 e. The van der Waals surface area contributed by atoms with Crippen molar-refractivity contribution in [3.63, 3.8) is 0 Å². The van der Waals surface area contributed by atoms with Gasteiger partial charge in [-0.1, -0.05) is 0 Å². The van der Waals surface area contributed by atoms with Crippen molar-refractivity contribution in [3.05, 3.63) is 0 Å². The molecule has 4 heteroatoms. The fraction of sp³-hybridized carbons (Fsp3) is 1.00. The topological polar surface area (TPSA) is 59.3 Å². The Hall–Kier alpha value is -0.160. The van der Waals surface area contributed by atoms with Gasteiger partial charge in [-0.2, -0.15) is 0 Å². The molecule has 2 heterocycles. The molecule has 4 N–H and O–H groups in total. The quantitative estimate of drug-likeness (QED) is 0.570. The summed E-state index contributed by atoms with van der Waals surface area (Å²) in [4.78, 5) is 0. The highest BCUT2D eigenvalue weighted by molar-refractivity contribution is 4.98. The average Bonchev–Trinajstić information content (AvgIpc) is 2.69. The SMILES string of the molecule is NCC1(NC2CCOCC2)CCNC1. The van der Waals surface area contributed by atoms with Gasteiger partial charge in [-0.15, -0.1) is 0 Å². The highest BCUT2D eigenvalue weighted by Crippen LogP contribution is 2.17. The Labute approximate surface area is 85.6 Å². The van der Waals surface area contributed by atoms with Crippen LogP contribution < -0.4 is 16.4 Å². The minimum absolute atomic E-state index is 0.155. The van der Waals surface area contributed by atoms with E-state index in [1.807, 2.05) is 0 Å². The maximum Gasteiger partial charge on any atom is 0.0480 e. The van der Waals surface area contributed by atoms with Gasteiger partial charge in [-0.25, -0.2) is 0 Å². The second kappa shape index (κ2) is 4.57. The average molecular weight is 199 g/mol. The first-order chi connectivity index (χ1) is 6.85. The van der Waals surface area contributed by atoms with Gasteiger partial charge in [0, 0.05) is 37.9 Å². The third kappa shape index (κ3) is 2.25. The van der Waals surface area contributed by atoms with Gasteiger partial charge in [0.25, 0.3) is 0 Å². The molecule has 0 radical (unpaired) electrons. The van der Waals surface area contributed by atoms with Crippen LogP contribution in [0.1, 0.15) is 19.3 Å². The van der Waals surface area contributed by atoms with Crippen molar-refractivity contribution in [1.82, 2.24) is 10.6 Å². The summed E-state index contributed by atoms with van der Waals surface area (Å²) in [5.74, 6) is 0. The number of ether oxygens (including phenoxy) is 1. The fourth-order valence-corrected chi connectivity index (χ4v) is 2.38. The molecular weight excluding hydrogens is 178 g/mol. The van der Waals surface area contributed by atoms with E-state index < -0.39 is 0 Å². The second-order valence-electron chi connectivity index (χ2n) is 4.44. The van der Waals surface area contributed by atoms with E-state index >= 15 is 0 Å². The summed E-state index contributed by atoms with van der Waals surface area (Å²) in [5.41, 5.74) is 6.01. The second-order valence-corrected chi connectivity index (χ2v) is 4.44. The van der Waals surface area contributed by atoms with E-state index in [2.05, 4.69) is 10.6 Å². The Morgan fingerprint density at radius 1 is 1.43 bits per heavy atom. The normalized spacial score (nSPS) is 34.9. The van der Waals surface area contributed by atoms with Crippen molar-refractivity contribution >= 4 is 0 Å². The van der Waals surface area contributed by atoms with E-state index in [4.69, 9.17) is 10.5 Å². The van der Waals surface area contributed by atoms with Crippen LogP contribution in [-0.2, 0) is 4.74 Å². The van der Waals surface area contributed by atoms with Crippen LogP contribution in [0.2, 0.25) is 0 Å². The summed E-state index contributed by atoms with van der Waals surface area (Å²) in [6.07, 6.45) is 3.41. The van der Waals surface area contributed by atoms with Gasteiger partial charge < -0.3 is 21.1 Å². The zero-order valence-corrected chi connectivity index (χ0v) is 8.72. The first kappa shape index (κ1) is 10.4. The van der Waals surface area contributed by atoms with Gasteiger partial charge >= 0.3 is 0 Å². The summed E-state index contributed by atoms with van der Waals surface area (Å²) in [5, 5.41) is 7.09. The minimum Gasteiger partial charge on any atom is -0.381 e. The molecule has 2 aliphatic heterocycles. The molecule has 0 saturated carbocycles. The van der Waals surface area contributed by atoms with E-state index in [0.29, 0.717) is 6.04 Å². The lowest BCUT2D eigenvalue weighted by atomic mass is 9.95. The molecular formula is C10H21N3O. The van der Waals surface area contributed by atoms with Crippen molar-refractivity contribution in [1.29, 1.82) is 0 Å². The molecule has 0 bridgehead atoms. The molecule has 2 fully saturated rings. The third-order valence-electron chi connectivity index (χ3n) is 3.37. The lowest BCUT2D eigenvalue weighted by Gasteiger charge is -2.35. The standard InChI is InChI=1S/C10H21N3O/c11-7-10(3-4-12-8-10)13-9-1-5-14-6-2-9/h9,12-13H,1-8,11H2. The summed E-state index contributed by atoms with van der Waals surface area (Å²) >= 11 is 0.